The van der Waals surface area contributed by atoms with Crippen molar-refractivity contribution >= 4 is 27.5 Å². The Labute approximate surface area is 201 Å². The third-order valence-corrected chi connectivity index (χ3v) is 7.06. The largest absolute Gasteiger partial charge is 0.379 e. The van der Waals surface area contributed by atoms with Gasteiger partial charge in [0.2, 0.25) is 5.91 Å². The SMILES string of the molecule is O=C(Cn1cnc2sc(-c3ccccc3)cc2c1=O)NC(CN1CCOCC1)c1ccccc1. The first-order valence-corrected chi connectivity index (χ1v) is 12.2. The maximum Gasteiger partial charge on any atom is 0.262 e. The van der Waals surface area contributed by atoms with Gasteiger partial charge in [-0.05, 0) is 17.2 Å². The molecule has 0 spiro atoms. The van der Waals surface area contributed by atoms with Gasteiger partial charge in [0.05, 0.1) is 31.0 Å². The van der Waals surface area contributed by atoms with Crippen molar-refractivity contribution in [3.05, 3.63) is 89.0 Å². The van der Waals surface area contributed by atoms with Crippen LogP contribution in [0.4, 0.5) is 0 Å². The molecule has 1 fully saturated rings. The zero-order valence-electron chi connectivity index (χ0n) is 18.7. The van der Waals surface area contributed by atoms with Crippen molar-refractivity contribution in [2.45, 2.75) is 12.6 Å². The molecule has 1 amide bonds. The Morgan fingerprint density at radius 2 is 1.76 bits per heavy atom. The minimum absolute atomic E-state index is 0.0786. The van der Waals surface area contributed by atoms with Crippen molar-refractivity contribution in [3.8, 4) is 10.4 Å². The average molecular weight is 475 g/mol. The molecule has 2 aromatic heterocycles. The molecule has 174 valence electrons. The molecular weight excluding hydrogens is 448 g/mol. The fraction of sp³-hybridized carbons (Fsp3) is 0.269. The molecule has 0 bridgehead atoms. The summed E-state index contributed by atoms with van der Waals surface area (Å²) in [6, 6.07) is 21.5. The number of aromatic nitrogens is 2. The summed E-state index contributed by atoms with van der Waals surface area (Å²) in [5.41, 5.74) is 1.87. The smallest absolute Gasteiger partial charge is 0.262 e. The van der Waals surface area contributed by atoms with Crippen LogP contribution < -0.4 is 10.9 Å². The van der Waals surface area contributed by atoms with Crippen LogP contribution in [-0.4, -0.2) is 53.2 Å². The number of ether oxygens (including phenoxy) is 1. The first-order chi connectivity index (χ1) is 16.7. The molecule has 0 saturated carbocycles. The summed E-state index contributed by atoms with van der Waals surface area (Å²) in [7, 11) is 0. The summed E-state index contributed by atoms with van der Waals surface area (Å²) < 4.78 is 6.84. The molecule has 1 atom stereocenters. The number of hydrogen-bond donors (Lipinski definition) is 1. The average Bonchev–Trinajstić information content (AvgIpc) is 3.32. The molecule has 2 aromatic carbocycles. The van der Waals surface area contributed by atoms with E-state index in [-0.39, 0.29) is 24.1 Å². The first-order valence-electron chi connectivity index (χ1n) is 11.4. The van der Waals surface area contributed by atoms with Gasteiger partial charge in [-0.1, -0.05) is 60.7 Å². The van der Waals surface area contributed by atoms with Gasteiger partial charge in [-0.2, -0.15) is 0 Å². The standard InChI is InChI=1S/C26H26N4O3S/c31-24(28-22(19-7-3-1-4-8-19)16-29-11-13-33-14-12-29)17-30-18-27-25-21(26(30)32)15-23(34-25)20-9-5-2-6-10-20/h1-10,15,18,22H,11-14,16-17H2,(H,28,31). The number of carbonyl (C=O) groups excluding carboxylic acids is 1. The van der Waals surface area contributed by atoms with Gasteiger partial charge in [0.25, 0.3) is 5.56 Å². The predicted molar refractivity (Wildman–Crippen MR) is 134 cm³/mol. The minimum Gasteiger partial charge on any atom is -0.379 e. The quantitative estimate of drug-likeness (QED) is 0.445. The highest BCUT2D eigenvalue weighted by atomic mass is 32.1. The van der Waals surface area contributed by atoms with Gasteiger partial charge in [0.15, 0.2) is 0 Å². The zero-order chi connectivity index (χ0) is 23.3. The predicted octanol–water partition coefficient (Wildman–Crippen LogP) is 3.31. The second-order valence-corrected chi connectivity index (χ2v) is 9.35. The number of nitrogens with one attached hydrogen (secondary N) is 1. The lowest BCUT2D eigenvalue weighted by Gasteiger charge is -2.31. The number of nitrogens with zero attached hydrogens (tertiary/aromatic N) is 3. The number of amides is 1. The van der Waals surface area contributed by atoms with Gasteiger partial charge in [0.1, 0.15) is 11.4 Å². The van der Waals surface area contributed by atoms with E-state index in [9.17, 15) is 9.59 Å². The van der Waals surface area contributed by atoms with Gasteiger partial charge >= 0.3 is 0 Å². The van der Waals surface area contributed by atoms with E-state index in [0.717, 1.165) is 29.1 Å². The second kappa shape index (κ2) is 10.3. The molecule has 8 heteroatoms. The van der Waals surface area contributed by atoms with Crippen molar-refractivity contribution in [3.63, 3.8) is 0 Å². The van der Waals surface area contributed by atoms with Crippen molar-refractivity contribution in [2.24, 2.45) is 0 Å². The molecule has 34 heavy (non-hydrogen) atoms. The van der Waals surface area contributed by atoms with Crippen LogP contribution in [0.25, 0.3) is 20.7 Å². The lowest BCUT2D eigenvalue weighted by atomic mass is 10.1. The number of carbonyl (C=O) groups is 1. The number of rotatable bonds is 7. The molecule has 1 aliphatic heterocycles. The van der Waals surface area contributed by atoms with Gasteiger partial charge in [-0.3, -0.25) is 19.1 Å². The number of morpholine rings is 1. The van der Waals surface area contributed by atoms with Crippen LogP contribution in [0.5, 0.6) is 0 Å². The Morgan fingerprint density at radius 1 is 1.06 bits per heavy atom. The van der Waals surface area contributed by atoms with Crippen LogP contribution in [0.2, 0.25) is 0 Å². The maximum absolute atomic E-state index is 13.1. The highest BCUT2D eigenvalue weighted by Gasteiger charge is 2.21. The summed E-state index contributed by atoms with van der Waals surface area (Å²) in [4.78, 5) is 34.5. The van der Waals surface area contributed by atoms with Gasteiger partial charge in [-0.15, -0.1) is 11.3 Å². The Morgan fingerprint density at radius 3 is 2.50 bits per heavy atom. The van der Waals surface area contributed by atoms with Crippen LogP contribution in [0.1, 0.15) is 11.6 Å². The van der Waals surface area contributed by atoms with E-state index in [1.807, 2.05) is 66.7 Å². The van der Waals surface area contributed by atoms with Gasteiger partial charge in [0, 0.05) is 24.5 Å². The minimum atomic E-state index is -0.219. The third kappa shape index (κ3) is 5.09. The Hall–Kier alpha value is -3.33. The summed E-state index contributed by atoms with van der Waals surface area (Å²) in [6.45, 7) is 3.67. The summed E-state index contributed by atoms with van der Waals surface area (Å²) in [6.07, 6.45) is 1.47. The van der Waals surface area contributed by atoms with Gasteiger partial charge in [-0.25, -0.2) is 4.98 Å². The topological polar surface area (TPSA) is 76.5 Å². The zero-order valence-corrected chi connectivity index (χ0v) is 19.5. The molecule has 1 N–H and O–H groups in total. The number of fused-ring (bicyclic) bond motifs is 1. The Bertz CT molecular complexity index is 1310. The van der Waals surface area contributed by atoms with E-state index in [1.165, 1.54) is 22.2 Å². The fourth-order valence-electron chi connectivity index (χ4n) is 4.17. The first kappa shape index (κ1) is 22.5. The van der Waals surface area contributed by atoms with Crippen LogP contribution in [0.3, 0.4) is 0 Å². The molecule has 1 aliphatic rings. The maximum atomic E-state index is 13.1. The molecular formula is C26H26N4O3S. The van der Waals surface area contributed by atoms with Crippen LogP contribution >= 0.6 is 11.3 Å². The van der Waals surface area contributed by atoms with E-state index in [4.69, 9.17) is 4.74 Å². The van der Waals surface area contributed by atoms with Gasteiger partial charge < -0.3 is 10.1 Å². The second-order valence-electron chi connectivity index (χ2n) is 8.32. The van der Waals surface area contributed by atoms with E-state index in [0.29, 0.717) is 30.0 Å². The highest BCUT2D eigenvalue weighted by molar-refractivity contribution is 7.21. The number of hydrogen-bond acceptors (Lipinski definition) is 6. The van der Waals surface area contributed by atoms with Crippen molar-refractivity contribution in [2.75, 3.05) is 32.8 Å². The van der Waals surface area contributed by atoms with Crippen LogP contribution in [0, 0.1) is 0 Å². The number of benzene rings is 2. The molecule has 3 heterocycles. The van der Waals surface area contributed by atoms with E-state index < -0.39 is 0 Å². The summed E-state index contributed by atoms with van der Waals surface area (Å²) in [5, 5.41) is 3.66. The van der Waals surface area contributed by atoms with Crippen LogP contribution in [0.15, 0.2) is 77.9 Å². The molecule has 5 rings (SSSR count). The number of thiophene rings is 1. The summed E-state index contributed by atoms with van der Waals surface area (Å²) in [5.74, 6) is -0.219. The molecule has 1 unspecified atom stereocenters. The van der Waals surface area contributed by atoms with Crippen molar-refractivity contribution < 1.29 is 9.53 Å². The fourth-order valence-corrected chi connectivity index (χ4v) is 5.17. The molecule has 0 aliphatic carbocycles. The molecule has 7 nitrogen and oxygen atoms in total. The van der Waals surface area contributed by atoms with E-state index >= 15 is 0 Å². The third-order valence-electron chi connectivity index (χ3n) is 5.97. The molecule has 1 saturated heterocycles. The lowest BCUT2D eigenvalue weighted by molar-refractivity contribution is -0.122. The van der Waals surface area contributed by atoms with Crippen molar-refractivity contribution in [1.82, 2.24) is 19.8 Å². The van der Waals surface area contributed by atoms with Crippen LogP contribution in [-0.2, 0) is 16.1 Å². The Balaban J connectivity index is 1.34. The monoisotopic (exact) mass is 474 g/mol. The van der Waals surface area contributed by atoms with Crippen molar-refractivity contribution in [1.29, 1.82) is 0 Å². The molecule has 4 aromatic rings. The molecule has 0 radical (unpaired) electrons. The summed E-state index contributed by atoms with van der Waals surface area (Å²) >= 11 is 1.48. The van der Waals surface area contributed by atoms with E-state index in [1.54, 1.807) is 0 Å². The van der Waals surface area contributed by atoms with E-state index in [2.05, 4.69) is 15.2 Å². The lowest BCUT2D eigenvalue weighted by Crippen LogP contribution is -2.44. The normalized spacial score (nSPS) is 15.3. The highest BCUT2D eigenvalue weighted by Crippen LogP contribution is 2.30. The Kier molecular flexibility index (Phi) is 6.80.